The molecule has 0 unspecified atom stereocenters. The molecule has 2 aliphatic rings. The van der Waals surface area contributed by atoms with E-state index in [-0.39, 0.29) is 0 Å². The molecule has 0 aromatic heterocycles. The van der Waals surface area contributed by atoms with Crippen LogP contribution < -0.4 is 9.64 Å². The molecule has 2 aromatic carbocycles. The minimum Gasteiger partial charge on any atom is -0.497 e. The maximum atomic E-state index is 12.4. The average Bonchev–Trinajstić information content (AvgIpc) is 3.46. The molecule has 0 saturated heterocycles. The summed E-state index contributed by atoms with van der Waals surface area (Å²) in [6.07, 6.45) is 2.27. The molecule has 1 saturated carbocycles. The van der Waals surface area contributed by atoms with Crippen molar-refractivity contribution in [3.05, 3.63) is 59.7 Å². The minimum atomic E-state index is -0.429. The van der Waals surface area contributed by atoms with Crippen molar-refractivity contribution in [3.8, 4) is 5.75 Å². The number of benzene rings is 2. The number of hydrogen-bond acceptors (Lipinski definition) is 4. The van der Waals surface area contributed by atoms with Crippen LogP contribution in [0.4, 0.5) is 5.69 Å². The normalized spacial score (nSPS) is 16.5. The minimum absolute atomic E-state index is 0.407. The third-order valence-corrected chi connectivity index (χ3v) is 4.81. The van der Waals surface area contributed by atoms with Crippen molar-refractivity contribution >= 4 is 17.4 Å². The van der Waals surface area contributed by atoms with Gasteiger partial charge in [-0.05, 0) is 42.7 Å². The Balaban J connectivity index is 1.54. The Morgan fingerprint density at radius 3 is 2.48 bits per heavy atom. The van der Waals surface area contributed by atoms with Crippen LogP contribution in [-0.2, 0) is 11.3 Å². The van der Waals surface area contributed by atoms with Gasteiger partial charge in [0.2, 0.25) is 0 Å². The van der Waals surface area contributed by atoms with Crippen LogP contribution in [0.3, 0.4) is 0 Å². The molecule has 1 amide bonds. The van der Waals surface area contributed by atoms with Crippen molar-refractivity contribution in [3.63, 3.8) is 0 Å². The maximum Gasteiger partial charge on any atom is 0.300 e. The van der Waals surface area contributed by atoms with Crippen molar-refractivity contribution in [2.75, 3.05) is 18.7 Å². The van der Waals surface area contributed by atoms with Gasteiger partial charge < -0.3 is 4.74 Å². The van der Waals surface area contributed by atoms with Gasteiger partial charge in [-0.2, -0.15) is 0 Å². The number of nitrogens with zero attached hydrogens (tertiary/aromatic N) is 2. The molecule has 5 heteroatoms. The zero-order chi connectivity index (χ0) is 17.4. The predicted molar refractivity (Wildman–Crippen MR) is 94.7 cm³/mol. The SMILES string of the molecule is COc1ccc(CN(CN2C(=O)C(=O)c3ccccc32)C2CC2)cc1. The van der Waals surface area contributed by atoms with Gasteiger partial charge in [-0.3, -0.25) is 19.4 Å². The van der Waals surface area contributed by atoms with Crippen molar-refractivity contribution < 1.29 is 14.3 Å². The number of rotatable bonds is 6. The van der Waals surface area contributed by atoms with E-state index in [1.807, 2.05) is 36.4 Å². The second kappa shape index (κ2) is 6.33. The monoisotopic (exact) mass is 336 g/mol. The number of methoxy groups -OCH3 is 1. The molecule has 1 aliphatic heterocycles. The predicted octanol–water partition coefficient (Wildman–Crippen LogP) is 2.85. The lowest BCUT2D eigenvalue weighted by Crippen LogP contribution is -2.41. The lowest BCUT2D eigenvalue weighted by atomic mass is 10.1. The van der Waals surface area contributed by atoms with Crippen LogP contribution >= 0.6 is 0 Å². The Hall–Kier alpha value is -2.66. The van der Waals surface area contributed by atoms with Gasteiger partial charge >= 0.3 is 5.91 Å². The molecular weight excluding hydrogens is 316 g/mol. The van der Waals surface area contributed by atoms with Gasteiger partial charge in [-0.1, -0.05) is 24.3 Å². The largest absolute Gasteiger partial charge is 0.497 e. The van der Waals surface area contributed by atoms with E-state index < -0.39 is 11.7 Å². The topological polar surface area (TPSA) is 49.9 Å². The molecule has 0 radical (unpaired) electrons. The molecule has 1 fully saturated rings. The van der Waals surface area contributed by atoms with Crippen LogP contribution in [0.15, 0.2) is 48.5 Å². The summed E-state index contributed by atoms with van der Waals surface area (Å²) in [6, 6.07) is 15.7. The molecule has 0 N–H and O–H groups in total. The van der Waals surface area contributed by atoms with Gasteiger partial charge in [0.15, 0.2) is 0 Å². The number of amides is 1. The van der Waals surface area contributed by atoms with E-state index in [1.165, 1.54) is 5.56 Å². The molecule has 0 spiro atoms. The third-order valence-electron chi connectivity index (χ3n) is 4.81. The first kappa shape index (κ1) is 15.8. The molecule has 0 bridgehead atoms. The molecule has 1 heterocycles. The number of fused-ring (bicyclic) bond motifs is 1. The number of ketones is 1. The Morgan fingerprint density at radius 1 is 1.08 bits per heavy atom. The van der Waals surface area contributed by atoms with E-state index in [4.69, 9.17) is 4.74 Å². The zero-order valence-electron chi connectivity index (χ0n) is 14.1. The number of ether oxygens (including phenoxy) is 1. The van der Waals surface area contributed by atoms with Crippen LogP contribution in [0.2, 0.25) is 0 Å². The van der Waals surface area contributed by atoms with E-state index in [0.29, 0.717) is 18.3 Å². The summed E-state index contributed by atoms with van der Waals surface area (Å²) < 4.78 is 5.20. The number of hydrogen-bond donors (Lipinski definition) is 0. The summed E-state index contributed by atoms with van der Waals surface area (Å²) in [4.78, 5) is 28.5. The first-order valence-corrected chi connectivity index (χ1v) is 8.49. The highest BCUT2D eigenvalue weighted by Crippen LogP contribution is 2.33. The van der Waals surface area contributed by atoms with E-state index in [0.717, 1.165) is 30.8 Å². The van der Waals surface area contributed by atoms with Crippen LogP contribution in [0.1, 0.15) is 28.8 Å². The Kier molecular flexibility index (Phi) is 4.01. The molecular formula is C20H20N2O3. The first-order chi connectivity index (χ1) is 12.2. The van der Waals surface area contributed by atoms with Crippen LogP contribution in [0.5, 0.6) is 5.75 Å². The lowest BCUT2D eigenvalue weighted by Gasteiger charge is -2.28. The lowest BCUT2D eigenvalue weighted by molar-refractivity contribution is -0.114. The fraction of sp³-hybridized carbons (Fsp3) is 0.300. The summed E-state index contributed by atoms with van der Waals surface area (Å²) in [5.41, 5.74) is 2.39. The highest BCUT2D eigenvalue weighted by molar-refractivity contribution is 6.52. The number of carbonyl (C=O) groups is 2. The van der Waals surface area contributed by atoms with E-state index >= 15 is 0 Å². The van der Waals surface area contributed by atoms with E-state index in [1.54, 1.807) is 24.1 Å². The first-order valence-electron chi connectivity index (χ1n) is 8.49. The van der Waals surface area contributed by atoms with Crippen LogP contribution in [0, 0.1) is 0 Å². The van der Waals surface area contributed by atoms with E-state index in [9.17, 15) is 9.59 Å². The summed E-state index contributed by atoms with van der Waals surface area (Å²) in [5.74, 6) is -0.00616. The van der Waals surface area contributed by atoms with Gasteiger partial charge in [-0.15, -0.1) is 0 Å². The zero-order valence-corrected chi connectivity index (χ0v) is 14.1. The second-order valence-corrected chi connectivity index (χ2v) is 6.55. The Morgan fingerprint density at radius 2 is 1.80 bits per heavy atom. The fourth-order valence-electron chi connectivity index (χ4n) is 3.27. The van der Waals surface area contributed by atoms with Gasteiger partial charge in [0.25, 0.3) is 5.78 Å². The third kappa shape index (κ3) is 3.03. The van der Waals surface area contributed by atoms with Gasteiger partial charge in [-0.25, -0.2) is 0 Å². The second-order valence-electron chi connectivity index (χ2n) is 6.55. The summed E-state index contributed by atoms with van der Waals surface area (Å²) in [7, 11) is 1.65. The summed E-state index contributed by atoms with van der Waals surface area (Å²) in [6.45, 7) is 1.19. The smallest absolute Gasteiger partial charge is 0.300 e. The number of para-hydroxylation sites is 1. The molecule has 5 nitrogen and oxygen atoms in total. The number of carbonyl (C=O) groups excluding carboxylic acids is 2. The van der Waals surface area contributed by atoms with Gasteiger partial charge in [0, 0.05) is 12.6 Å². The van der Waals surface area contributed by atoms with Crippen molar-refractivity contribution in [2.24, 2.45) is 0 Å². The molecule has 0 atom stereocenters. The average molecular weight is 336 g/mol. The van der Waals surface area contributed by atoms with Crippen molar-refractivity contribution in [2.45, 2.75) is 25.4 Å². The van der Waals surface area contributed by atoms with Crippen molar-refractivity contribution in [1.82, 2.24) is 4.90 Å². The van der Waals surface area contributed by atoms with Crippen LogP contribution in [-0.4, -0.2) is 36.4 Å². The standard InChI is InChI=1S/C20H20N2O3/c1-25-16-10-6-14(7-11-16)12-21(15-8-9-15)13-22-18-5-3-2-4-17(18)19(23)20(22)24/h2-7,10-11,15H,8-9,12-13H2,1H3. The molecule has 2 aromatic rings. The highest BCUT2D eigenvalue weighted by atomic mass is 16.5. The Labute approximate surface area is 146 Å². The highest BCUT2D eigenvalue weighted by Gasteiger charge is 2.38. The summed E-state index contributed by atoms with van der Waals surface area (Å²) >= 11 is 0. The number of Topliss-reactive ketones (excluding diaryl/α,β-unsaturated/α-hetero) is 1. The maximum absolute atomic E-state index is 12.4. The van der Waals surface area contributed by atoms with Gasteiger partial charge in [0.05, 0.1) is 25.0 Å². The molecule has 25 heavy (non-hydrogen) atoms. The van der Waals surface area contributed by atoms with Gasteiger partial charge in [0.1, 0.15) is 5.75 Å². The Bertz CT molecular complexity index is 812. The molecule has 4 rings (SSSR count). The van der Waals surface area contributed by atoms with E-state index in [2.05, 4.69) is 4.90 Å². The number of anilines is 1. The molecule has 128 valence electrons. The van der Waals surface area contributed by atoms with Crippen LogP contribution in [0.25, 0.3) is 0 Å². The molecule has 1 aliphatic carbocycles. The van der Waals surface area contributed by atoms with Crippen molar-refractivity contribution in [1.29, 1.82) is 0 Å². The quantitative estimate of drug-likeness (QED) is 0.761. The fourth-order valence-corrected chi connectivity index (χ4v) is 3.27. The summed E-state index contributed by atoms with van der Waals surface area (Å²) in [5, 5.41) is 0.